The fourth-order valence-corrected chi connectivity index (χ4v) is 5.71. The van der Waals surface area contributed by atoms with Crippen LogP contribution in [0.1, 0.15) is 24.0 Å². The Morgan fingerprint density at radius 3 is 2.24 bits per heavy atom. The monoisotopic (exact) mass is 523 g/mol. The topological polar surface area (TPSA) is 56.6 Å². The predicted octanol–water partition coefficient (Wildman–Crippen LogP) is 6.51. The number of carbonyl (C=O) groups excluding carboxylic acids is 1. The predicted molar refractivity (Wildman–Crippen MR) is 153 cm³/mol. The van der Waals surface area contributed by atoms with Crippen molar-refractivity contribution in [2.45, 2.75) is 12.8 Å². The molecule has 1 aliphatic rings. The van der Waals surface area contributed by atoms with Gasteiger partial charge >= 0.3 is 0 Å². The Morgan fingerprint density at radius 1 is 0.895 bits per heavy atom. The van der Waals surface area contributed by atoms with E-state index in [-0.39, 0.29) is 5.91 Å². The van der Waals surface area contributed by atoms with E-state index in [9.17, 15) is 10.1 Å². The Kier molecular flexibility index (Phi) is 7.26. The normalized spacial score (nSPS) is 15.9. The molecule has 6 heteroatoms. The standard InChI is InChI=1S/C32H30ClN3O2/c1-32(22-34,31(37)36-20-18-35(19-21-36)25-16-14-24(33)15-17-25)30(28-11-5-6-13-29(28)38-2)27-12-7-9-23-8-3-4-10-26(23)27/h3-17,30H,18-21H2,1-2H3/t30?,32-/m1/s1. The van der Waals surface area contributed by atoms with Gasteiger partial charge in [-0.25, -0.2) is 0 Å². The summed E-state index contributed by atoms with van der Waals surface area (Å²) in [4.78, 5) is 18.4. The second-order valence-corrected chi connectivity index (χ2v) is 10.2. The van der Waals surface area contributed by atoms with Gasteiger partial charge in [-0.2, -0.15) is 5.26 Å². The Hall–Kier alpha value is -4.01. The van der Waals surface area contributed by atoms with Crippen LogP contribution < -0.4 is 9.64 Å². The molecule has 2 atom stereocenters. The van der Waals surface area contributed by atoms with E-state index in [4.69, 9.17) is 16.3 Å². The van der Waals surface area contributed by atoms with E-state index in [0.717, 1.165) is 27.6 Å². The van der Waals surface area contributed by atoms with Gasteiger partial charge in [0.2, 0.25) is 5.91 Å². The summed E-state index contributed by atoms with van der Waals surface area (Å²) in [5, 5.41) is 13.5. The highest BCUT2D eigenvalue weighted by Crippen LogP contribution is 2.47. The largest absolute Gasteiger partial charge is 0.496 e. The van der Waals surface area contributed by atoms with E-state index >= 15 is 0 Å². The number of carbonyl (C=O) groups is 1. The number of rotatable bonds is 6. The molecule has 0 aliphatic carbocycles. The number of hydrogen-bond acceptors (Lipinski definition) is 4. The number of halogens is 1. The van der Waals surface area contributed by atoms with E-state index in [1.54, 1.807) is 14.0 Å². The number of anilines is 1. The van der Waals surface area contributed by atoms with Crippen LogP contribution in [0, 0.1) is 16.7 Å². The van der Waals surface area contributed by atoms with Crippen LogP contribution in [0.3, 0.4) is 0 Å². The molecule has 5 rings (SSSR count). The lowest BCUT2D eigenvalue weighted by Crippen LogP contribution is -2.53. The zero-order valence-corrected chi connectivity index (χ0v) is 22.4. The highest BCUT2D eigenvalue weighted by Gasteiger charge is 2.47. The molecule has 5 nitrogen and oxygen atoms in total. The summed E-state index contributed by atoms with van der Waals surface area (Å²) in [6.07, 6.45) is 0. The van der Waals surface area contributed by atoms with Crippen molar-refractivity contribution in [2.75, 3.05) is 38.2 Å². The van der Waals surface area contributed by atoms with Gasteiger partial charge in [-0.3, -0.25) is 4.79 Å². The first-order valence-corrected chi connectivity index (χ1v) is 13.2. The minimum absolute atomic E-state index is 0.167. The van der Waals surface area contributed by atoms with Crippen LogP contribution in [0.15, 0.2) is 91.0 Å². The molecule has 1 aliphatic heterocycles. The molecular weight excluding hydrogens is 494 g/mol. The number of benzene rings is 4. The third-order valence-electron chi connectivity index (χ3n) is 7.60. The molecule has 4 aromatic rings. The van der Waals surface area contributed by atoms with Crippen LogP contribution in [-0.2, 0) is 4.79 Å². The van der Waals surface area contributed by atoms with Crippen LogP contribution in [-0.4, -0.2) is 44.1 Å². The van der Waals surface area contributed by atoms with Crippen molar-refractivity contribution < 1.29 is 9.53 Å². The first kappa shape index (κ1) is 25.6. The average molecular weight is 524 g/mol. The van der Waals surface area contributed by atoms with Crippen molar-refractivity contribution in [3.8, 4) is 11.8 Å². The summed E-state index contributed by atoms with van der Waals surface area (Å²) in [6, 6.07) is 32.1. The molecule has 4 aromatic carbocycles. The lowest BCUT2D eigenvalue weighted by atomic mass is 9.68. The van der Waals surface area contributed by atoms with Crippen LogP contribution in [0.4, 0.5) is 5.69 Å². The van der Waals surface area contributed by atoms with Crippen molar-refractivity contribution in [1.29, 1.82) is 5.26 Å². The fourth-order valence-electron chi connectivity index (χ4n) is 5.58. The quantitative estimate of drug-likeness (QED) is 0.289. The number of fused-ring (bicyclic) bond motifs is 1. The van der Waals surface area contributed by atoms with Gasteiger partial charge in [0, 0.05) is 48.4 Å². The summed E-state index contributed by atoms with van der Waals surface area (Å²) >= 11 is 6.06. The summed E-state index contributed by atoms with van der Waals surface area (Å²) in [6.45, 7) is 4.21. The second-order valence-electron chi connectivity index (χ2n) is 9.81. The summed E-state index contributed by atoms with van der Waals surface area (Å²) in [5.41, 5.74) is 1.47. The molecule has 1 saturated heterocycles. The summed E-state index contributed by atoms with van der Waals surface area (Å²) in [7, 11) is 1.63. The summed E-state index contributed by atoms with van der Waals surface area (Å²) < 4.78 is 5.75. The minimum Gasteiger partial charge on any atom is -0.496 e. The Bertz CT molecular complexity index is 1480. The smallest absolute Gasteiger partial charge is 0.243 e. The maximum absolute atomic E-state index is 14.3. The van der Waals surface area contributed by atoms with Crippen molar-refractivity contribution in [2.24, 2.45) is 5.41 Å². The first-order valence-electron chi connectivity index (χ1n) is 12.8. The second kappa shape index (κ2) is 10.8. The lowest BCUT2D eigenvalue weighted by molar-refractivity contribution is -0.139. The van der Waals surface area contributed by atoms with E-state index in [2.05, 4.69) is 29.2 Å². The highest BCUT2D eigenvalue weighted by atomic mass is 35.5. The van der Waals surface area contributed by atoms with Crippen LogP contribution >= 0.6 is 11.6 Å². The molecule has 1 heterocycles. The van der Waals surface area contributed by atoms with Crippen molar-refractivity contribution in [3.63, 3.8) is 0 Å². The van der Waals surface area contributed by atoms with Gasteiger partial charge in [0.15, 0.2) is 0 Å². The fraction of sp³-hybridized carbons (Fsp3) is 0.250. The number of hydrogen-bond donors (Lipinski definition) is 0. The van der Waals surface area contributed by atoms with Gasteiger partial charge in [0.1, 0.15) is 11.2 Å². The third kappa shape index (κ3) is 4.68. The Morgan fingerprint density at radius 2 is 1.53 bits per heavy atom. The Labute approximate surface area is 228 Å². The molecule has 0 N–H and O–H groups in total. The number of para-hydroxylation sites is 1. The Balaban J connectivity index is 1.54. The van der Waals surface area contributed by atoms with Crippen LogP contribution in [0.25, 0.3) is 10.8 Å². The van der Waals surface area contributed by atoms with E-state index in [0.29, 0.717) is 37.0 Å². The molecule has 0 spiro atoms. The molecule has 38 heavy (non-hydrogen) atoms. The zero-order chi connectivity index (χ0) is 26.7. The highest BCUT2D eigenvalue weighted by molar-refractivity contribution is 6.30. The number of nitrogens with zero attached hydrogens (tertiary/aromatic N) is 3. The van der Waals surface area contributed by atoms with Crippen molar-refractivity contribution in [3.05, 3.63) is 107 Å². The van der Waals surface area contributed by atoms with Crippen molar-refractivity contribution in [1.82, 2.24) is 4.90 Å². The number of methoxy groups -OCH3 is 1. The maximum Gasteiger partial charge on any atom is 0.243 e. The molecule has 0 bridgehead atoms. The maximum atomic E-state index is 14.3. The van der Waals surface area contributed by atoms with Gasteiger partial charge in [-0.15, -0.1) is 0 Å². The third-order valence-corrected chi connectivity index (χ3v) is 7.85. The summed E-state index contributed by atoms with van der Waals surface area (Å²) in [5.74, 6) is -0.0385. The number of ether oxygens (including phenoxy) is 1. The number of nitriles is 1. The lowest BCUT2D eigenvalue weighted by Gasteiger charge is -2.41. The molecule has 1 unspecified atom stereocenters. The van der Waals surface area contributed by atoms with E-state index in [1.807, 2.05) is 77.7 Å². The van der Waals surface area contributed by atoms with E-state index < -0.39 is 11.3 Å². The number of amides is 1. The van der Waals surface area contributed by atoms with Gasteiger partial charge in [0.05, 0.1) is 13.2 Å². The SMILES string of the molecule is COc1ccccc1C(c1cccc2ccccc12)[C@@](C)(C#N)C(=O)N1CCN(c2ccc(Cl)cc2)CC1. The van der Waals surface area contributed by atoms with Gasteiger partial charge in [-0.1, -0.05) is 72.3 Å². The van der Waals surface area contributed by atoms with Gasteiger partial charge in [0.25, 0.3) is 0 Å². The van der Waals surface area contributed by atoms with Crippen LogP contribution in [0.5, 0.6) is 5.75 Å². The van der Waals surface area contributed by atoms with Crippen molar-refractivity contribution >= 4 is 34.0 Å². The van der Waals surface area contributed by atoms with Crippen LogP contribution in [0.2, 0.25) is 5.02 Å². The van der Waals surface area contributed by atoms with Gasteiger partial charge < -0.3 is 14.5 Å². The molecule has 0 aromatic heterocycles. The molecule has 0 saturated carbocycles. The average Bonchev–Trinajstić information content (AvgIpc) is 2.97. The molecule has 0 radical (unpaired) electrons. The minimum atomic E-state index is -1.36. The zero-order valence-electron chi connectivity index (χ0n) is 21.6. The molecule has 192 valence electrons. The van der Waals surface area contributed by atoms with Gasteiger partial charge in [-0.05, 0) is 53.6 Å². The first-order chi connectivity index (χ1) is 18.5. The number of piperazine rings is 1. The molecule has 1 fully saturated rings. The van der Waals surface area contributed by atoms with E-state index in [1.165, 1.54) is 0 Å². The molecule has 1 amide bonds. The molecular formula is C32H30ClN3O2.